The van der Waals surface area contributed by atoms with Gasteiger partial charge >= 0.3 is 0 Å². The standard InChI is InChI=1S/C15H24ClN5S/c1-2-3-4-9-20-15(22)21(14(17)18)11-6-8-13-12(16)7-5-10-19-13/h5,7,10H,2-4,6,8-9,11H2,1H3,(H3,17,18)(H,20,22). The van der Waals surface area contributed by atoms with Gasteiger partial charge in [-0.15, -0.1) is 0 Å². The zero-order valence-corrected chi connectivity index (χ0v) is 14.5. The lowest BCUT2D eigenvalue weighted by Crippen LogP contribution is -2.47. The number of pyridine rings is 1. The number of aromatic nitrogens is 1. The van der Waals surface area contributed by atoms with Crippen LogP contribution in [0.4, 0.5) is 0 Å². The summed E-state index contributed by atoms with van der Waals surface area (Å²) in [5.74, 6) is -0.0416. The van der Waals surface area contributed by atoms with Crippen molar-refractivity contribution < 1.29 is 0 Å². The maximum Gasteiger partial charge on any atom is 0.194 e. The zero-order valence-electron chi connectivity index (χ0n) is 12.9. The Morgan fingerprint density at radius 1 is 1.45 bits per heavy atom. The molecule has 0 aliphatic rings. The van der Waals surface area contributed by atoms with Crippen LogP contribution in [0.1, 0.15) is 38.3 Å². The predicted octanol–water partition coefficient (Wildman–Crippen LogP) is 2.93. The van der Waals surface area contributed by atoms with E-state index in [0.717, 1.165) is 44.3 Å². The molecule has 1 rings (SSSR count). The molecule has 0 atom stereocenters. The van der Waals surface area contributed by atoms with Gasteiger partial charge in [-0.05, 0) is 43.6 Å². The van der Waals surface area contributed by atoms with Gasteiger partial charge in [-0.25, -0.2) is 0 Å². The van der Waals surface area contributed by atoms with Crippen molar-refractivity contribution in [2.75, 3.05) is 13.1 Å². The van der Waals surface area contributed by atoms with Crippen molar-refractivity contribution in [3.05, 3.63) is 29.0 Å². The van der Waals surface area contributed by atoms with Gasteiger partial charge in [-0.3, -0.25) is 15.3 Å². The summed E-state index contributed by atoms with van der Waals surface area (Å²) in [5.41, 5.74) is 6.47. The van der Waals surface area contributed by atoms with E-state index >= 15 is 0 Å². The second-order valence-corrected chi connectivity index (χ2v) is 5.81. The summed E-state index contributed by atoms with van der Waals surface area (Å²) in [6.07, 6.45) is 6.61. The molecule has 22 heavy (non-hydrogen) atoms. The lowest BCUT2D eigenvalue weighted by atomic mass is 10.2. The maximum absolute atomic E-state index is 7.66. The third-order valence-corrected chi connectivity index (χ3v) is 3.93. The molecule has 0 amide bonds. The molecule has 0 saturated carbocycles. The Morgan fingerprint density at radius 2 is 2.23 bits per heavy atom. The Balaban J connectivity index is 2.42. The first kappa shape index (κ1) is 18.6. The number of aryl methyl sites for hydroxylation is 1. The van der Waals surface area contributed by atoms with E-state index in [-0.39, 0.29) is 5.96 Å². The summed E-state index contributed by atoms with van der Waals surface area (Å²) in [7, 11) is 0. The third-order valence-electron chi connectivity index (χ3n) is 3.22. The molecule has 0 fully saturated rings. The van der Waals surface area contributed by atoms with E-state index in [1.165, 1.54) is 0 Å². The van der Waals surface area contributed by atoms with Crippen molar-refractivity contribution >= 4 is 34.9 Å². The zero-order chi connectivity index (χ0) is 16.4. The summed E-state index contributed by atoms with van der Waals surface area (Å²) in [4.78, 5) is 5.86. The molecular weight excluding hydrogens is 318 g/mol. The van der Waals surface area contributed by atoms with Crippen molar-refractivity contribution in [1.82, 2.24) is 15.2 Å². The van der Waals surface area contributed by atoms with Crippen LogP contribution in [0.5, 0.6) is 0 Å². The van der Waals surface area contributed by atoms with E-state index in [4.69, 9.17) is 35.0 Å². The summed E-state index contributed by atoms with van der Waals surface area (Å²) >= 11 is 11.4. The minimum absolute atomic E-state index is 0.0416. The lowest BCUT2D eigenvalue weighted by Gasteiger charge is -2.24. The molecule has 1 aromatic heterocycles. The van der Waals surface area contributed by atoms with Crippen LogP contribution >= 0.6 is 23.8 Å². The largest absolute Gasteiger partial charge is 0.370 e. The van der Waals surface area contributed by atoms with Crippen LogP contribution in [-0.2, 0) is 6.42 Å². The number of nitrogens with two attached hydrogens (primary N) is 1. The van der Waals surface area contributed by atoms with Gasteiger partial charge in [0, 0.05) is 19.3 Å². The molecule has 7 heteroatoms. The fourth-order valence-electron chi connectivity index (χ4n) is 2.00. The van der Waals surface area contributed by atoms with E-state index in [2.05, 4.69) is 17.2 Å². The molecule has 0 bridgehead atoms. The second kappa shape index (κ2) is 10.3. The van der Waals surface area contributed by atoms with E-state index < -0.39 is 0 Å². The fourth-order valence-corrected chi connectivity index (χ4v) is 2.51. The van der Waals surface area contributed by atoms with Crippen molar-refractivity contribution in [3.8, 4) is 0 Å². The summed E-state index contributed by atoms with van der Waals surface area (Å²) in [6.45, 7) is 3.54. The second-order valence-electron chi connectivity index (χ2n) is 5.01. The highest BCUT2D eigenvalue weighted by Gasteiger charge is 2.12. The monoisotopic (exact) mass is 341 g/mol. The number of nitrogens with one attached hydrogen (secondary N) is 2. The van der Waals surface area contributed by atoms with Crippen molar-refractivity contribution in [2.45, 2.75) is 39.0 Å². The highest BCUT2D eigenvalue weighted by Crippen LogP contribution is 2.14. The van der Waals surface area contributed by atoms with E-state index in [9.17, 15) is 0 Å². The van der Waals surface area contributed by atoms with Crippen LogP contribution in [0.15, 0.2) is 18.3 Å². The molecule has 1 heterocycles. The van der Waals surface area contributed by atoms with Crippen LogP contribution in [0, 0.1) is 5.41 Å². The molecule has 5 nitrogen and oxygen atoms in total. The van der Waals surface area contributed by atoms with Gasteiger partial charge < -0.3 is 11.1 Å². The number of hydrogen-bond acceptors (Lipinski definition) is 3. The normalized spacial score (nSPS) is 10.3. The minimum Gasteiger partial charge on any atom is -0.370 e. The molecular formula is C15H24ClN5S. The topological polar surface area (TPSA) is 78.0 Å². The van der Waals surface area contributed by atoms with Crippen LogP contribution < -0.4 is 11.1 Å². The third kappa shape index (κ3) is 6.58. The number of unbranched alkanes of at least 4 members (excludes halogenated alkanes) is 2. The van der Waals surface area contributed by atoms with Crippen molar-refractivity contribution in [1.29, 1.82) is 5.41 Å². The quantitative estimate of drug-likeness (QED) is 0.293. The number of nitrogens with zero attached hydrogens (tertiary/aromatic N) is 2. The molecule has 122 valence electrons. The molecule has 4 N–H and O–H groups in total. The Labute approximate surface area is 142 Å². The molecule has 0 radical (unpaired) electrons. The summed E-state index contributed by atoms with van der Waals surface area (Å²) < 4.78 is 0. The number of halogens is 1. The molecule has 0 spiro atoms. The van der Waals surface area contributed by atoms with Gasteiger partial charge in [-0.1, -0.05) is 31.4 Å². The van der Waals surface area contributed by atoms with Gasteiger partial charge in [-0.2, -0.15) is 0 Å². The molecule has 0 saturated heterocycles. The Kier molecular flexibility index (Phi) is 8.77. The molecule has 0 aromatic carbocycles. The van der Waals surface area contributed by atoms with Crippen LogP contribution in [0.2, 0.25) is 5.02 Å². The van der Waals surface area contributed by atoms with Gasteiger partial charge in [0.15, 0.2) is 11.1 Å². The Morgan fingerprint density at radius 3 is 2.86 bits per heavy atom. The van der Waals surface area contributed by atoms with Gasteiger partial charge in [0.05, 0.1) is 10.7 Å². The predicted molar refractivity (Wildman–Crippen MR) is 96.3 cm³/mol. The first-order valence-corrected chi connectivity index (χ1v) is 8.33. The van der Waals surface area contributed by atoms with Gasteiger partial charge in [0.25, 0.3) is 0 Å². The lowest BCUT2D eigenvalue weighted by molar-refractivity contribution is 0.546. The first-order chi connectivity index (χ1) is 10.6. The van der Waals surface area contributed by atoms with E-state index in [1.807, 2.05) is 12.1 Å². The summed E-state index contributed by atoms with van der Waals surface area (Å²) in [5, 5.41) is 12.0. The van der Waals surface area contributed by atoms with Gasteiger partial charge in [0.1, 0.15) is 0 Å². The fraction of sp³-hybridized carbons (Fsp3) is 0.533. The highest BCUT2D eigenvalue weighted by atomic mass is 35.5. The average molecular weight is 342 g/mol. The van der Waals surface area contributed by atoms with Crippen LogP contribution in [-0.4, -0.2) is 34.0 Å². The Bertz CT molecular complexity index is 495. The molecule has 0 unspecified atom stereocenters. The maximum atomic E-state index is 7.66. The van der Waals surface area contributed by atoms with Gasteiger partial charge in [0.2, 0.25) is 0 Å². The minimum atomic E-state index is -0.0416. The number of thiocarbonyl (C=S) groups is 1. The smallest absolute Gasteiger partial charge is 0.194 e. The van der Waals surface area contributed by atoms with Crippen molar-refractivity contribution in [2.24, 2.45) is 5.73 Å². The van der Waals surface area contributed by atoms with Crippen LogP contribution in [0.25, 0.3) is 0 Å². The molecule has 0 aliphatic heterocycles. The number of hydrogen-bond donors (Lipinski definition) is 3. The van der Waals surface area contributed by atoms with Crippen LogP contribution in [0.3, 0.4) is 0 Å². The number of guanidine groups is 1. The van der Waals surface area contributed by atoms with Crippen molar-refractivity contribution in [3.63, 3.8) is 0 Å². The SMILES string of the molecule is CCCCCNC(=S)N(CCCc1ncccc1Cl)C(=N)N. The van der Waals surface area contributed by atoms with E-state index in [1.54, 1.807) is 11.1 Å². The molecule has 0 aliphatic carbocycles. The average Bonchev–Trinajstić information content (AvgIpc) is 2.49. The molecule has 1 aromatic rings. The van der Waals surface area contributed by atoms with E-state index in [0.29, 0.717) is 16.7 Å². The Hall–Kier alpha value is -1.40. The number of rotatable bonds is 8. The first-order valence-electron chi connectivity index (χ1n) is 7.55. The highest BCUT2D eigenvalue weighted by molar-refractivity contribution is 7.80. The summed E-state index contributed by atoms with van der Waals surface area (Å²) in [6, 6.07) is 3.63.